The Labute approximate surface area is 189 Å². The molecule has 8 nitrogen and oxygen atoms in total. The number of ketones is 1. The Balaban J connectivity index is 0.000000675. The first-order valence-electron chi connectivity index (χ1n) is 9.66. The molecule has 2 rings (SSSR count). The van der Waals surface area contributed by atoms with Crippen molar-refractivity contribution in [3.05, 3.63) is 59.7 Å². The van der Waals surface area contributed by atoms with E-state index in [-0.39, 0.29) is 17.1 Å². The predicted molar refractivity (Wildman–Crippen MR) is 112 cm³/mol. The first-order valence-corrected chi connectivity index (χ1v) is 11.2. The van der Waals surface area contributed by atoms with Crippen molar-refractivity contribution >= 4 is 21.8 Å². The van der Waals surface area contributed by atoms with E-state index in [0.717, 1.165) is 29.7 Å². The molecule has 0 amide bonds. The zero-order chi connectivity index (χ0) is 25.1. The lowest BCUT2D eigenvalue weighted by Gasteiger charge is -2.07. The van der Waals surface area contributed by atoms with Crippen LogP contribution in [0.4, 0.5) is 13.2 Å². The standard InChI is InChI=1S/C19H24N2O4S.C2HF3O2/c20-11-1-2-12-25-18-7-3-15(4-8-18)13-17(22)14-16-5-9-19(10-6-16)26(21,23)24;3-2(4,5)1(6)7/h3-10H,1-2,11-14,20H2,(H2,21,23,24);(H,6,7)/p-1. The Morgan fingerprint density at radius 3 is 1.76 bits per heavy atom. The molecule has 0 aliphatic rings. The molecule has 0 aromatic heterocycles. The van der Waals surface area contributed by atoms with Crippen molar-refractivity contribution < 1.29 is 41.0 Å². The monoisotopic (exact) mass is 489 g/mol. The van der Waals surface area contributed by atoms with E-state index in [9.17, 15) is 26.4 Å². The van der Waals surface area contributed by atoms with Gasteiger partial charge in [-0.15, -0.1) is 0 Å². The fraction of sp³-hybridized carbons (Fsp3) is 0.333. The van der Waals surface area contributed by atoms with Gasteiger partial charge in [0.2, 0.25) is 10.0 Å². The molecule has 12 heteroatoms. The molecule has 0 radical (unpaired) electrons. The summed E-state index contributed by atoms with van der Waals surface area (Å²) in [6.07, 6.45) is -2.79. The van der Waals surface area contributed by atoms with Crippen LogP contribution in [0.5, 0.6) is 5.75 Å². The van der Waals surface area contributed by atoms with E-state index in [1.54, 1.807) is 12.1 Å². The van der Waals surface area contributed by atoms with Gasteiger partial charge in [0.15, 0.2) is 0 Å². The van der Waals surface area contributed by atoms with E-state index < -0.39 is 22.2 Å². The summed E-state index contributed by atoms with van der Waals surface area (Å²) in [5, 5.41) is 13.8. The number of unbranched alkanes of at least 4 members (excludes halogenated alkanes) is 1. The molecule has 0 aliphatic heterocycles. The number of nitrogens with two attached hydrogens (primary N) is 2. The number of hydrogen-bond donors (Lipinski definition) is 2. The van der Waals surface area contributed by atoms with Crippen LogP contribution in [0, 0.1) is 0 Å². The quantitative estimate of drug-likeness (QED) is 0.474. The van der Waals surface area contributed by atoms with Crippen LogP contribution in [-0.4, -0.2) is 39.5 Å². The number of carbonyl (C=O) groups is 2. The maximum atomic E-state index is 12.2. The van der Waals surface area contributed by atoms with Crippen molar-refractivity contribution in [2.24, 2.45) is 10.9 Å². The van der Waals surface area contributed by atoms with Crippen LogP contribution in [-0.2, 0) is 32.5 Å². The second-order valence-corrected chi connectivity index (χ2v) is 8.42. The van der Waals surface area contributed by atoms with E-state index in [1.807, 2.05) is 24.3 Å². The van der Waals surface area contributed by atoms with E-state index in [0.29, 0.717) is 19.6 Å². The van der Waals surface area contributed by atoms with Crippen LogP contribution in [0.1, 0.15) is 24.0 Å². The minimum atomic E-state index is -5.19. The molecule has 2 aromatic rings. The lowest BCUT2D eigenvalue weighted by Crippen LogP contribution is -2.37. The zero-order valence-electron chi connectivity index (χ0n) is 17.5. The molecule has 0 heterocycles. The van der Waals surface area contributed by atoms with Crippen LogP contribution in [0.3, 0.4) is 0 Å². The molecule has 0 unspecified atom stereocenters. The number of carboxylic acid groups (broad SMARTS) is 1. The molecule has 0 atom stereocenters. The van der Waals surface area contributed by atoms with Crippen LogP contribution >= 0.6 is 0 Å². The number of primary sulfonamides is 1. The van der Waals surface area contributed by atoms with E-state index in [1.165, 1.54) is 12.1 Å². The summed E-state index contributed by atoms with van der Waals surface area (Å²) in [6.45, 7) is 1.29. The number of rotatable bonds is 10. The van der Waals surface area contributed by atoms with E-state index in [2.05, 4.69) is 0 Å². The first-order chi connectivity index (χ1) is 15.3. The van der Waals surface area contributed by atoms with Gasteiger partial charge in [-0.1, -0.05) is 24.3 Å². The molecule has 0 saturated carbocycles. The SMILES string of the molecule is NCCCCOc1ccc(CC(=O)Cc2ccc(S(N)(=O)=O)cc2)cc1.O=C([O-])C(F)(F)F. The van der Waals surface area contributed by atoms with Gasteiger partial charge in [-0.25, -0.2) is 13.6 Å². The molecular weight excluding hydrogens is 465 g/mol. The van der Waals surface area contributed by atoms with Gasteiger partial charge in [-0.2, -0.15) is 13.2 Å². The summed E-state index contributed by atoms with van der Waals surface area (Å²) in [5.41, 5.74) is 7.10. The van der Waals surface area contributed by atoms with Crippen molar-refractivity contribution in [3.63, 3.8) is 0 Å². The Hall–Kier alpha value is -2.96. The van der Waals surface area contributed by atoms with Crippen LogP contribution < -0.4 is 20.7 Å². The Kier molecular flexibility index (Phi) is 11.0. The van der Waals surface area contributed by atoms with Gasteiger partial charge in [0.1, 0.15) is 17.5 Å². The van der Waals surface area contributed by atoms with Crippen LogP contribution in [0.2, 0.25) is 0 Å². The molecule has 0 fully saturated rings. The minimum Gasteiger partial charge on any atom is -0.542 e. The third kappa shape index (κ3) is 11.5. The zero-order valence-corrected chi connectivity index (χ0v) is 18.3. The topological polar surface area (TPSA) is 153 Å². The van der Waals surface area contributed by atoms with Gasteiger partial charge in [-0.3, -0.25) is 4.79 Å². The largest absolute Gasteiger partial charge is 0.542 e. The lowest BCUT2D eigenvalue weighted by atomic mass is 10.0. The number of ether oxygens (including phenoxy) is 1. The van der Waals surface area contributed by atoms with Gasteiger partial charge in [0.05, 0.1) is 11.5 Å². The number of aliphatic carboxylic acids is 1. The summed E-state index contributed by atoms with van der Waals surface area (Å²) < 4.78 is 59.6. The number of Topliss-reactive ketones (excluding diaryl/α,β-unsaturated/α-hetero) is 1. The number of halogens is 3. The fourth-order valence-corrected chi connectivity index (χ4v) is 2.97. The van der Waals surface area contributed by atoms with Crippen LogP contribution in [0.15, 0.2) is 53.4 Å². The highest BCUT2D eigenvalue weighted by atomic mass is 32.2. The number of hydrogen-bond acceptors (Lipinski definition) is 7. The Morgan fingerprint density at radius 1 is 0.909 bits per heavy atom. The normalized spacial score (nSPS) is 11.3. The highest BCUT2D eigenvalue weighted by molar-refractivity contribution is 7.89. The van der Waals surface area contributed by atoms with E-state index in [4.69, 9.17) is 25.5 Å². The van der Waals surface area contributed by atoms with E-state index >= 15 is 0 Å². The summed E-state index contributed by atoms with van der Waals surface area (Å²) in [7, 11) is -3.71. The third-order valence-electron chi connectivity index (χ3n) is 4.08. The highest BCUT2D eigenvalue weighted by Crippen LogP contribution is 2.15. The summed E-state index contributed by atoms with van der Waals surface area (Å²) in [5.74, 6) is -2.19. The average Bonchev–Trinajstić information content (AvgIpc) is 2.72. The maximum Gasteiger partial charge on any atom is 0.430 e. The summed E-state index contributed by atoms with van der Waals surface area (Å²) in [6, 6.07) is 13.5. The smallest absolute Gasteiger partial charge is 0.430 e. The van der Waals surface area contributed by atoms with Crippen LogP contribution in [0.25, 0.3) is 0 Å². The Bertz CT molecular complexity index is 1010. The number of sulfonamides is 1. The summed E-state index contributed by atoms with van der Waals surface area (Å²) >= 11 is 0. The molecule has 0 aliphatic carbocycles. The predicted octanol–water partition coefficient (Wildman–Crippen LogP) is 1.10. The number of carboxylic acids is 1. The lowest BCUT2D eigenvalue weighted by molar-refractivity contribution is -0.344. The first kappa shape index (κ1) is 28.1. The third-order valence-corrected chi connectivity index (χ3v) is 5.01. The minimum absolute atomic E-state index is 0.0377. The molecule has 0 spiro atoms. The highest BCUT2D eigenvalue weighted by Gasteiger charge is 2.28. The van der Waals surface area contributed by atoms with Gasteiger partial charge < -0.3 is 20.4 Å². The fourth-order valence-electron chi connectivity index (χ4n) is 2.45. The summed E-state index contributed by atoms with van der Waals surface area (Å²) in [4.78, 5) is 21.0. The molecule has 0 saturated heterocycles. The molecule has 0 bridgehead atoms. The average molecular weight is 489 g/mol. The maximum absolute atomic E-state index is 12.2. The number of carbonyl (C=O) groups excluding carboxylic acids is 2. The molecule has 4 N–H and O–H groups in total. The number of alkyl halides is 3. The van der Waals surface area contributed by atoms with Gasteiger partial charge in [0, 0.05) is 12.8 Å². The van der Waals surface area contributed by atoms with Gasteiger partial charge >= 0.3 is 6.18 Å². The van der Waals surface area contributed by atoms with Crippen molar-refractivity contribution in [1.29, 1.82) is 0 Å². The molecule has 2 aromatic carbocycles. The van der Waals surface area contributed by atoms with Crippen molar-refractivity contribution in [2.45, 2.75) is 36.8 Å². The van der Waals surface area contributed by atoms with Crippen molar-refractivity contribution in [2.75, 3.05) is 13.2 Å². The number of benzene rings is 2. The Morgan fingerprint density at radius 2 is 1.36 bits per heavy atom. The molecular formula is C21H24F3N2O6S-. The van der Waals surface area contributed by atoms with Gasteiger partial charge in [0.25, 0.3) is 0 Å². The van der Waals surface area contributed by atoms with Gasteiger partial charge in [-0.05, 0) is 54.8 Å². The second kappa shape index (κ2) is 12.9. The van der Waals surface area contributed by atoms with Crippen molar-refractivity contribution in [1.82, 2.24) is 0 Å². The second-order valence-electron chi connectivity index (χ2n) is 6.85. The molecule has 182 valence electrons. The van der Waals surface area contributed by atoms with Crippen molar-refractivity contribution in [3.8, 4) is 5.75 Å². The molecule has 33 heavy (non-hydrogen) atoms.